The molecular weight excluding hydrogens is 350 g/mol. The molecule has 2 fully saturated rings. The third kappa shape index (κ3) is 3.97. The Morgan fingerprint density at radius 2 is 2.30 bits per heavy atom. The van der Waals surface area contributed by atoms with E-state index in [1.165, 1.54) is 52.4 Å². The van der Waals surface area contributed by atoms with Gasteiger partial charge in [-0.25, -0.2) is 0 Å². The lowest BCUT2D eigenvalue weighted by atomic mass is 9.98. The molecule has 0 radical (unpaired) electrons. The Morgan fingerprint density at radius 1 is 1.41 bits per heavy atom. The van der Waals surface area contributed by atoms with Crippen molar-refractivity contribution in [2.45, 2.75) is 71.0 Å². The number of aliphatic imine (C=N–C) groups is 1. The Kier molecular flexibility index (Phi) is 5.93. The minimum absolute atomic E-state index is 0.335. The first-order valence-corrected chi connectivity index (χ1v) is 11.6. The maximum atomic E-state index is 5.21. The van der Waals surface area contributed by atoms with Gasteiger partial charge in [0.1, 0.15) is 0 Å². The van der Waals surface area contributed by atoms with E-state index in [-0.39, 0.29) is 0 Å². The molecule has 2 bridgehead atoms. The number of allylic oxidation sites excluding steroid dienone is 1. The van der Waals surface area contributed by atoms with Gasteiger partial charge >= 0.3 is 0 Å². The van der Waals surface area contributed by atoms with Crippen LogP contribution in [0.2, 0.25) is 0 Å². The molecule has 2 saturated heterocycles. The van der Waals surface area contributed by atoms with E-state index in [2.05, 4.69) is 55.3 Å². The van der Waals surface area contributed by atoms with Gasteiger partial charge in [-0.05, 0) is 69.0 Å². The van der Waals surface area contributed by atoms with Gasteiger partial charge in [-0.3, -0.25) is 4.99 Å². The van der Waals surface area contributed by atoms with Crippen molar-refractivity contribution in [3.05, 3.63) is 41.0 Å². The van der Waals surface area contributed by atoms with E-state index in [9.17, 15) is 0 Å². The molecule has 3 aliphatic rings. The summed E-state index contributed by atoms with van der Waals surface area (Å²) in [5.74, 6) is 1.17. The highest BCUT2D eigenvalue weighted by atomic mass is 32.2. The Morgan fingerprint density at radius 3 is 3.00 bits per heavy atom. The Labute approximate surface area is 168 Å². The molecule has 1 N–H and O–H groups in total. The first-order valence-electron chi connectivity index (χ1n) is 10.7. The second-order valence-electron chi connectivity index (χ2n) is 8.21. The molecule has 0 saturated carbocycles. The molecule has 3 unspecified atom stereocenters. The van der Waals surface area contributed by atoms with E-state index < -0.39 is 0 Å². The van der Waals surface area contributed by atoms with Gasteiger partial charge in [0.2, 0.25) is 0 Å². The molecule has 3 nitrogen and oxygen atoms in total. The zero-order valence-electron chi connectivity index (χ0n) is 17.0. The Bertz CT molecular complexity index is 739. The average Bonchev–Trinajstić information content (AvgIpc) is 3.28. The minimum atomic E-state index is 0.335. The summed E-state index contributed by atoms with van der Waals surface area (Å²) in [4.78, 5) is 7.84. The molecule has 4 heteroatoms. The number of aryl methyl sites for hydroxylation is 1. The molecule has 3 atom stereocenters. The predicted octanol–water partition coefficient (Wildman–Crippen LogP) is 4.80. The summed E-state index contributed by atoms with van der Waals surface area (Å²) in [6, 6.07) is 8.88. The first-order chi connectivity index (χ1) is 13.2. The van der Waals surface area contributed by atoms with Crippen molar-refractivity contribution in [3.8, 4) is 0 Å². The fourth-order valence-electron chi connectivity index (χ4n) is 4.57. The minimum Gasteiger partial charge on any atom is -0.366 e. The van der Waals surface area contributed by atoms with Crippen LogP contribution in [0.1, 0.15) is 57.6 Å². The van der Waals surface area contributed by atoms with E-state index in [1.807, 2.05) is 11.8 Å². The van der Waals surface area contributed by atoms with Crippen molar-refractivity contribution in [1.29, 1.82) is 0 Å². The van der Waals surface area contributed by atoms with Gasteiger partial charge in [0.25, 0.3) is 0 Å². The summed E-state index contributed by atoms with van der Waals surface area (Å²) in [5, 5.41) is 4.88. The third-order valence-corrected chi connectivity index (χ3v) is 7.48. The predicted molar refractivity (Wildman–Crippen MR) is 119 cm³/mol. The van der Waals surface area contributed by atoms with Gasteiger partial charge < -0.3 is 10.2 Å². The second-order valence-corrected chi connectivity index (χ2v) is 9.30. The number of fused-ring (bicyclic) bond motifs is 3. The van der Waals surface area contributed by atoms with Crippen LogP contribution in [0.4, 0.5) is 5.69 Å². The van der Waals surface area contributed by atoms with Gasteiger partial charge in [-0.2, -0.15) is 0 Å². The van der Waals surface area contributed by atoms with Crippen LogP contribution in [-0.2, 0) is 6.42 Å². The van der Waals surface area contributed by atoms with Gasteiger partial charge in [0, 0.05) is 36.4 Å². The van der Waals surface area contributed by atoms with E-state index in [4.69, 9.17) is 4.99 Å². The van der Waals surface area contributed by atoms with Crippen molar-refractivity contribution in [1.82, 2.24) is 5.32 Å². The van der Waals surface area contributed by atoms with Gasteiger partial charge in [-0.15, -0.1) is 11.8 Å². The molecule has 0 aromatic heterocycles. The largest absolute Gasteiger partial charge is 0.366 e. The Balaban J connectivity index is 1.62. The van der Waals surface area contributed by atoms with Crippen LogP contribution >= 0.6 is 11.8 Å². The van der Waals surface area contributed by atoms with Crippen molar-refractivity contribution < 1.29 is 0 Å². The van der Waals surface area contributed by atoms with Crippen LogP contribution < -0.4 is 10.2 Å². The smallest absolute Gasteiger partial charge is 0.0987 e. The third-order valence-electron chi connectivity index (χ3n) is 6.39. The van der Waals surface area contributed by atoms with Crippen molar-refractivity contribution in [3.63, 3.8) is 0 Å². The van der Waals surface area contributed by atoms with Crippen LogP contribution in [0, 0.1) is 0 Å². The lowest BCUT2D eigenvalue weighted by Crippen LogP contribution is -2.43. The zero-order chi connectivity index (χ0) is 18.8. The number of hydrogen-bond donors (Lipinski definition) is 1. The molecule has 3 aliphatic heterocycles. The monoisotopic (exact) mass is 383 g/mol. The molecule has 146 valence electrons. The SMILES string of the molecule is CC=C(C)C1CCc2cc(N3CC4CC3CN4)ccc2C(SCCCC)=N1. The molecule has 0 spiro atoms. The number of benzene rings is 1. The molecule has 0 amide bonds. The van der Waals surface area contributed by atoms with Crippen LogP contribution in [0.3, 0.4) is 0 Å². The van der Waals surface area contributed by atoms with E-state index in [0.29, 0.717) is 18.1 Å². The standard InChI is InChI=1S/C23H33N3S/c1-4-6-11-27-23-21-9-8-19(26-15-18-13-20(26)14-24-18)12-17(21)7-10-22(25-23)16(3)5-2/h5,8-9,12,18,20,22,24H,4,6-7,10-11,13-15H2,1-3H3. The fraction of sp³-hybridized carbons (Fsp3) is 0.609. The van der Waals surface area contributed by atoms with Crippen molar-refractivity contribution >= 4 is 22.5 Å². The summed E-state index contributed by atoms with van der Waals surface area (Å²) in [6.07, 6.45) is 8.29. The summed E-state index contributed by atoms with van der Waals surface area (Å²) in [6.45, 7) is 8.94. The molecular formula is C23H33N3S. The molecule has 1 aromatic rings. The highest BCUT2D eigenvalue weighted by Crippen LogP contribution is 2.34. The maximum Gasteiger partial charge on any atom is 0.0987 e. The highest BCUT2D eigenvalue weighted by molar-refractivity contribution is 8.14. The quantitative estimate of drug-likeness (QED) is 0.585. The number of unbranched alkanes of at least 4 members (excludes halogenated alkanes) is 1. The topological polar surface area (TPSA) is 27.6 Å². The van der Waals surface area contributed by atoms with E-state index in [0.717, 1.165) is 25.9 Å². The lowest BCUT2D eigenvalue weighted by molar-refractivity contribution is 0.580. The van der Waals surface area contributed by atoms with E-state index >= 15 is 0 Å². The first kappa shape index (κ1) is 19.1. The number of rotatable bonds is 5. The number of nitrogens with one attached hydrogen (secondary N) is 1. The highest BCUT2D eigenvalue weighted by Gasteiger charge is 2.37. The molecule has 3 heterocycles. The number of hydrogen-bond acceptors (Lipinski definition) is 4. The fourth-order valence-corrected chi connectivity index (χ4v) is 5.75. The maximum absolute atomic E-state index is 5.21. The van der Waals surface area contributed by atoms with Crippen LogP contribution in [0.15, 0.2) is 34.8 Å². The summed E-state index contributed by atoms with van der Waals surface area (Å²) in [5.41, 5.74) is 5.70. The van der Waals surface area contributed by atoms with Crippen molar-refractivity contribution in [2.75, 3.05) is 23.7 Å². The summed E-state index contributed by atoms with van der Waals surface area (Å²) in [7, 11) is 0. The van der Waals surface area contributed by atoms with E-state index in [1.54, 1.807) is 0 Å². The van der Waals surface area contributed by atoms with Crippen molar-refractivity contribution in [2.24, 2.45) is 4.99 Å². The normalized spacial score (nSPS) is 27.5. The number of piperazine rings is 1. The number of anilines is 1. The van der Waals surface area contributed by atoms with Gasteiger partial charge in [-0.1, -0.05) is 25.0 Å². The molecule has 27 heavy (non-hydrogen) atoms. The molecule has 1 aromatic carbocycles. The number of thioether (sulfide) groups is 1. The number of nitrogens with zero attached hydrogens (tertiary/aromatic N) is 2. The second kappa shape index (κ2) is 8.40. The van der Waals surface area contributed by atoms with Gasteiger partial charge in [0.05, 0.1) is 11.1 Å². The lowest BCUT2D eigenvalue weighted by Gasteiger charge is -2.30. The van der Waals surface area contributed by atoms with Gasteiger partial charge in [0.15, 0.2) is 0 Å². The van der Waals surface area contributed by atoms with Crippen LogP contribution in [0.25, 0.3) is 0 Å². The molecule has 4 rings (SSSR count). The van der Waals surface area contributed by atoms with Crippen LogP contribution in [0.5, 0.6) is 0 Å². The molecule has 0 aliphatic carbocycles. The summed E-state index contributed by atoms with van der Waals surface area (Å²) < 4.78 is 0. The van der Waals surface area contributed by atoms with Crippen LogP contribution in [-0.4, -0.2) is 42.0 Å². The Hall–Kier alpha value is -1.26. The summed E-state index contributed by atoms with van der Waals surface area (Å²) >= 11 is 1.96. The zero-order valence-corrected chi connectivity index (χ0v) is 17.8. The average molecular weight is 384 g/mol.